The van der Waals surface area contributed by atoms with Crippen LogP contribution in [0.25, 0.3) is 0 Å². The minimum atomic E-state index is -0.0289. The van der Waals surface area contributed by atoms with Crippen LogP contribution in [0, 0.1) is 0 Å². The smallest absolute Gasteiger partial charge is 0.306 e. The largest absolute Gasteiger partial charge is 0.494 e. The summed E-state index contributed by atoms with van der Waals surface area (Å²) >= 11 is 0. The molecule has 0 spiro atoms. The molecule has 0 aromatic heterocycles. The summed E-state index contributed by atoms with van der Waals surface area (Å²) in [4.78, 5) is 12.1. The molecule has 1 aliphatic rings. The Morgan fingerprint density at radius 2 is 1.96 bits per heavy atom. The van der Waals surface area contributed by atoms with Crippen LogP contribution in [0.3, 0.4) is 0 Å². The van der Waals surface area contributed by atoms with E-state index in [2.05, 4.69) is 32.0 Å². The van der Waals surface area contributed by atoms with E-state index in [0.717, 1.165) is 57.3 Å². The molecule has 2 unspecified atom stereocenters. The zero-order valence-electron chi connectivity index (χ0n) is 15.3. The Morgan fingerprint density at radius 1 is 1.12 bits per heavy atom. The molecule has 0 N–H and O–H groups in total. The van der Waals surface area contributed by atoms with Gasteiger partial charge < -0.3 is 9.47 Å². The number of esters is 1. The van der Waals surface area contributed by atoms with E-state index in [1.54, 1.807) is 0 Å². The highest BCUT2D eigenvalue weighted by Crippen LogP contribution is 2.36. The van der Waals surface area contributed by atoms with E-state index >= 15 is 0 Å². The average Bonchev–Trinajstić information content (AvgIpc) is 2.61. The quantitative estimate of drug-likeness (QED) is 0.434. The van der Waals surface area contributed by atoms with Crippen LogP contribution >= 0.6 is 0 Å². The molecule has 3 heteroatoms. The van der Waals surface area contributed by atoms with E-state index in [-0.39, 0.29) is 12.1 Å². The van der Waals surface area contributed by atoms with Gasteiger partial charge in [0, 0.05) is 12.3 Å². The van der Waals surface area contributed by atoms with Crippen molar-refractivity contribution >= 4 is 5.97 Å². The lowest BCUT2D eigenvalue weighted by atomic mass is 9.81. The van der Waals surface area contributed by atoms with Crippen LogP contribution in [0.15, 0.2) is 24.3 Å². The third-order valence-electron chi connectivity index (χ3n) is 4.73. The summed E-state index contributed by atoms with van der Waals surface area (Å²) in [5.74, 6) is 1.20. The van der Waals surface area contributed by atoms with Crippen LogP contribution in [-0.2, 0) is 9.53 Å². The Bertz CT molecular complexity index is 498. The van der Waals surface area contributed by atoms with Crippen molar-refractivity contribution in [2.75, 3.05) is 6.61 Å². The second-order valence-electron chi connectivity index (χ2n) is 6.80. The highest BCUT2D eigenvalue weighted by atomic mass is 16.5. The van der Waals surface area contributed by atoms with E-state index in [1.165, 1.54) is 12.0 Å². The van der Waals surface area contributed by atoms with E-state index in [1.807, 2.05) is 6.07 Å². The summed E-state index contributed by atoms with van der Waals surface area (Å²) in [6.45, 7) is 5.00. The predicted octanol–water partition coefficient (Wildman–Crippen LogP) is 5.63. The Labute approximate surface area is 146 Å². The van der Waals surface area contributed by atoms with E-state index in [0.29, 0.717) is 12.3 Å². The number of hydrogen-bond acceptors (Lipinski definition) is 3. The number of unbranched alkanes of at least 4 members (excludes halogenated alkanes) is 2. The van der Waals surface area contributed by atoms with Crippen molar-refractivity contribution in [1.82, 2.24) is 0 Å². The van der Waals surface area contributed by atoms with Gasteiger partial charge in [-0.25, -0.2) is 0 Å². The first-order valence-electron chi connectivity index (χ1n) is 9.66. The highest BCUT2D eigenvalue weighted by Gasteiger charge is 2.29. The van der Waals surface area contributed by atoms with Gasteiger partial charge >= 0.3 is 5.97 Å². The molecule has 1 aromatic rings. The Kier molecular flexibility index (Phi) is 8.14. The molecule has 24 heavy (non-hydrogen) atoms. The maximum atomic E-state index is 12.1. The number of ether oxygens (including phenoxy) is 2. The lowest BCUT2D eigenvalue weighted by molar-refractivity contribution is -0.151. The molecule has 134 valence electrons. The van der Waals surface area contributed by atoms with Gasteiger partial charge in [0.25, 0.3) is 0 Å². The highest BCUT2D eigenvalue weighted by molar-refractivity contribution is 5.69. The van der Waals surface area contributed by atoms with Crippen LogP contribution in [0.4, 0.5) is 0 Å². The molecule has 0 amide bonds. The van der Waals surface area contributed by atoms with Crippen molar-refractivity contribution in [3.8, 4) is 5.75 Å². The molecule has 0 aliphatic heterocycles. The fourth-order valence-corrected chi connectivity index (χ4v) is 3.42. The summed E-state index contributed by atoms with van der Waals surface area (Å²) in [5, 5.41) is 0. The average molecular weight is 332 g/mol. The standard InChI is InChI=1S/C21H32O3/c1-3-5-6-14-21(22)24-20-13-8-7-12-19(20)17-10-9-11-18(16-17)23-15-4-2/h9-11,16,19-20H,3-8,12-15H2,1-2H3. The minimum absolute atomic E-state index is 0.0225. The Hall–Kier alpha value is -1.51. The van der Waals surface area contributed by atoms with Crippen LogP contribution in [0.5, 0.6) is 5.75 Å². The van der Waals surface area contributed by atoms with E-state index < -0.39 is 0 Å². The minimum Gasteiger partial charge on any atom is -0.494 e. The lowest BCUT2D eigenvalue weighted by Crippen LogP contribution is -2.28. The second kappa shape index (κ2) is 10.4. The monoisotopic (exact) mass is 332 g/mol. The van der Waals surface area contributed by atoms with E-state index in [9.17, 15) is 4.79 Å². The topological polar surface area (TPSA) is 35.5 Å². The zero-order valence-corrected chi connectivity index (χ0v) is 15.3. The molecule has 0 radical (unpaired) electrons. The number of rotatable bonds is 9. The van der Waals surface area contributed by atoms with Gasteiger partial charge in [-0.3, -0.25) is 4.79 Å². The van der Waals surface area contributed by atoms with Gasteiger partial charge in [0.2, 0.25) is 0 Å². The van der Waals surface area contributed by atoms with Crippen LogP contribution in [0.2, 0.25) is 0 Å². The lowest BCUT2D eigenvalue weighted by Gasteiger charge is -2.31. The maximum Gasteiger partial charge on any atom is 0.306 e. The first-order chi connectivity index (χ1) is 11.7. The fourth-order valence-electron chi connectivity index (χ4n) is 3.42. The molecule has 2 rings (SSSR count). The molecule has 3 nitrogen and oxygen atoms in total. The molecule has 0 heterocycles. The van der Waals surface area contributed by atoms with E-state index in [4.69, 9.17) is 9.47 Å². The first-order valence-corrected chi connectivity index (χ1v) is 9.66. The van der Waals surface area contributed by atoms with Gasteiger partial charge in [0.15, 0.2) is 0 Å². The molecule has 1 fully saturated rings. The molecule has 2 atom stereocenters. The first kappa shape index (κ1) is 18.8. The van der Waals surface area contributed by atoms with Gasteiger partial charge in [0.1, 0.15) is 11.9 Å². The Morgan fingerprint density at radius 3 is 2.75 bits per heavy atom. The molecule has 0 bridgehead atoms. The molecule has 1 saturated carbocycles. The van der Waals surface area contributed by atoms with Gasteiger partial charge in [-0.15, -0.1) is 0 Å². The summed E-state index contributed by atoms with van der Waals surface area (Å²) in [6, 6.07) is 8.33. The molecular formula is C21H32O3. The SMILES string of the molecule is CCCCCC(=O)OC1CCCCC1c1cccc(OCCC)c1. The molecule has 0 saturated heterocycles. The van der Waals surface area contributed by atoms with Crippen molar-refractivity contribution in [3.05, 3.63) is 29.8 Å². The van der Waals surface area contributed by atoms with Gasteiger partial charge in [-0.1, -0.05) is 45.2 Å². The molecular weight excluding hydrogens is 300 g/mol. The summed E-state index contributed by atoms with van der Waals surface area (Å²) in [5.41, 5.74) is 1.25. The van der Waals surface area contributed by atoms with Crippen molar-refractivity contribution in [2.24, 2.45) is 0 Å². The fraction of sp³-hybridized carbons (Fsp3) is 0.667. The zero-order chi connectivity index (χ0) is 17.2. The summed E-state index contributed by atoms with van der Waals surface area (Å²) in [7, 11) is 0. The van der Waals surface area contributed by atoms with Crippen LogP contribution in [-0.4, -0.2) is 18.7 Å². The summed E-state index contributed by atoms with van der Waals surface area (Å²) in [6.07, 6.45) is 9.16. The number of carbonyl (C=O) groups excluding carboxylic acids is 1. The van der Waals surface area contributed by atoms with Crippen molar-refractivity contribution in [2.45, 2.75) is 83.7 Å². The Balaban J connectivity index is 1.99. The van der Waals surface area contributed by atoms with Gasteiger partial charge in [0.05, 0.1) is 6.61 Å². The molecule has 1 aromatic carbocycles. The number of carbonyl (C=O) groups is 1. The maximum absolute atomic E-state index is 12.1. The van der Waals surface area contributed by atoms with Crippen molar-refractivity contribution < 1.29 is 14.3 Å². The van der Waals surface area contributed by atoms with Crippen molar-refractivity contribution in [1.29, 1.82) is 0 Å². The van der Waals surface area contributed by atoms with Crippen LogP contribution in [0.1, 0.15) is 83.1 Å². The normalized spacial score (nSPS) is 20.6. The third-order valence-corrected chi connectivity index (χ3v) is 4.73. The van der Waals surface area contributed by atoms with Crippen LogP contribution < -0.4 is 4.74 Å². The second-order valence-corrected chi connectivity index (χ2v) is 6.80. The number of hydrogen-bond donors (Lipinski definition) is 0. The van der Waals surface area contributed by atoms with Gasteiger partial charge in [-0.2, -0.15) is 0 Å². The molecule has 1 aliphatic carbocycles. The van der Waals surface area contributed by atoms with Crippen molar-refractivity contribution in [3.63, 3.8) is 0 Å². The van der Waals surface area contributed by atoms with Gasteiger partial charge in [-0.05, 0) is 49.8 Å². The summed E-state index contributed by atoms with van der Waals surface area (Å²) < 4.78 is 11.6. The third kappa shape index (κ3) is 5.85. The predicted molar refractivity (Wildman–Crippen MR) is 97.5 cm³/mol. The number of benzene rings is 1.